The molecule has 1 saturated heterocycles. The average Bonchev–Trinajstić information content (AvgIpc) is 2.97. The summed E-state index contributed by atoms with van der Waals surface area (Å²) in [6.07, 6.45) is 6.02. The first-order valence-corrected chi connectivity index (χ1v) is 8.90. The van der Waals surface area contributed by atoms with Crippen molar-refractivity contribution >= 4 is 23.6 Å². The van der Waals surface area contributed by atoms with Crippen LogP contribution < -0.4 is 0 Å². The van der Waals surface area contributed by atoms with Gasteiger partial charge in [0.2, 0.25) is 5.91 Å². The maximum absolute atomic E-state index is 12.3. The highest BCUT2D eigenvalue weighted by molar-refractivity contribution is 7.99. The lowest BCUT2D eigenvalue weighted by Gasteiger charge is -2.24. The molecule has 5 heteroatoms. The molecule has 0 radical (unpaired) electrons. The molecular weight excluding hydrogens is 274 g/mol. The summed E-state index contributed by atoms with van der Waals surface area (Å²) in [7, 11) is 0. The highest BCUT2D eigenvalue weighted by Crippen LogP contribution is 2.42. The van der Waals surface area contributed by atoms with E-state index < -0.39 is 12.0 Å². The molecule has 20 heavy (non-hydrogen) atoms. The monoisotopic (exact) mass is 299 g/mol. The van der Waals surface area contributed by atoms with Gasteiger partial charge in [-0.15, -0.1) is 0 Å². The number of nitrogens with zero attached hydrogens (tertiary/aromatic N) is 1. The van der Waals surface area contributed by atoms with Crippen LogP contribution in [-0.2, 0) is 9.59 Å². The van der Waals surface area contributed by atoms with E-state index >= 15 is 0 Å². The number of hydrogen-bond donors (Lipinski definition) is 1. The Kier molecular flexibility index (Phi) is 5.75. The van der Waals surface area contributed by atoms with Crippen molar-refractivity contribution in [2.75, 3.05) is 18.1 Å². The van der Waals surface area contributed by atoms with E-state index in [9.17, 15) is 14.7 Å². The Morgan fingerprint density at radius 1 is 1.30 bits per heavy atom. The van der Waals surface area contributed by atoms with Gasteiger partial charge in [-0.25, -0.2) is 4.79 Å². The molecule has 4 nitrogen and oxygen atoms in total. The van der Waals surface area contributed by atoms with Gasteiger partial charge < -0.3 is 10.0 Å². The molecule has 0 bridgehead atoms. The number of rotatable bonds is 7. The van der Waals surface area contributed by atoms with Gasteiger partial charge in [0.15, 0.2) is 0 Å². The first kappa shape index (κ1) is 15.7. The van der Waals surface area contributed by atoms with Crippen LogP contribution in [0.15, 0.2) is 0 Å². The maximum atomic E-state index is 12.3. The fourth-order valence-electron chi connectivity index (χ4n) is 3.53. The van der Waals surface area contributed by atoms with Gasteiger partial charge in [-0.1, -0.05) is 19.8 Å². The van der Waals surface area contributed by atoms with Crippen LogP contribution in [0, 0.1) is 11.8 Å². The van der Waals surface area contributed by atoms with Gasteiger partial charge in [0, 0.05) is 18.7 Å². The lowest BCUT2D eigenvalue weighted by Crippen LogP contribution is -2.43. The van der Waals surface area contributed by atoms with Crippen LogP contribution in [0.5, 0.6) is 0 Å². The zero-order chi connectivity index (χ0) is 14.5. The second-order valence-electron chi connectivity index (χ2n) is 5.90. The second kappa shape index (κ2) is 7.34. The molecule has 2 aliphatic rings. The molecule has 1 N–H and O–H groups in total. The number of carbonyl (C=O) groups excluding carboxylic acids is 1. The Morgan fingerprint density at radius 3 is 2.80 bits per heavy atom. The molecule has 1 saturated carbocycles. The molecule has 3 atom stereocenters. The van der Waals surface area contributed by atoms with Gasteiger partial charge in [-0.2, -0.15) is 11.8 Å². The van der Waals surface area contributed by atoms with E-state index in [1.807, 2.05) is 0 Å². The second-order valence-corrected chi connectivity index (χ2v) is 7.12. The summed E-state index contributed by atoms with van der Waals surface area (Å²) < 4.78 is 0. The number of unbranched alkanes of at least 4 members (excludes halogenated alkanes) is 1. The van der Waals surface area contributed by atoms with Gasteiger partial charge in [0.25, 0.3) is 0 Å². The SMILES string of the molecule is CCCCSCCC(=O)N1CC2CCCC2C1C(=O)O. The summed E-state index contributed by atoms with van der Waals surface area (Å²) in [4.78, 5) is 25.4. The molecule has 114 valence electrons. The molecule has 0 aromatic heterocycles. The number of aliphatic carboxylic acids is 1. The minimum Gasteiger partial charge on any atom is -0.480 e. The van der Waals surface area contributed by atoms with Gasteiger partial charge in [-0.3, -0.25) is 4.79 Å². The smallest absolute Gasteiger partial charge is 0.326 e. The summed E-state index contributed by atoms with van der Waals surface area (Å²) >= 11 is 1.80. The quantitative estimate of drug-likeness (QED) is 0.734. The van der Waals surface area contributed by atoms with Crippen LogP contribution in [0.3, 0.4) is 0 Å². The largest absolute Gasteiger partial charge is 0.480 e. The third-order valence-corrected chi connectivity index (χ3v) is 5.64. The van der Waals surface area contributed by atoms with Crippen LogP contribution in [0.25, 0.3) is 0 Å². The summed E-state index contributed by atoms with van der Waals surface area (Å²) in [5, 5.41) is 9.42. The van der Waals surface area contributed by atoms with Crippen LogP contribution in [0.4, 0.5) is 0 Å². The Hall–Kier alpha value is -0.710. The highest BCUT2D eigenvalue weighted by atomic mass is 32.2. The van der Waals surface area contributed by atoms with Crippen LogP contribution in [0.1, 0.15) is 45.4 Å². The third-order valence-electron chi connectivity index (χ3n) is 4.57. The van der Waals surface area contributed by atoms with E-state index in [1.54, 1.807) is 16.7 Å². The number of fused-ring (bicyclic) bond motifs is 1. The molecule has 0 aromatic carbocycles. The van der Waals surface area contributed by atoms with E-state index in [4.69, 9.17) is 0 Å². The molecule has 2 fully saturated rings. The fraction of sp³-hybridized carbons (Fsp3) is 0.867. The predicted octanol–water partition coefficient (Wildman–Crippen LogP) is 2.62. The number of carboxylic acids is 1. The number of likely N-dealkylation sites (tertiary alicyclic amines) is 1. The number of carbonyl (C=O) groups is 2. The number of carboxylic acid groups (broad SMARTS) is 1. The molecule has 2 rings (SSSR count). The van der Waals surface area contributed by atoms with Crippen molar-refractivity contribution in [3.05, 3.63) is 0 Å². The Bertz CT molecular complexity index is 361. The zero-order valence-electron chi connectivity index (χ0n) is 12.2. The van der Waals surface area contributed by atoms with Crippen LogP contribution in [-0.4, -0.2) is 46.0 Å². The summed E-state index contributed by atoms with van der Waals surface area (Å²) in [5.74, 6) is 1.76. The maximum Gasteiger partial charge on any atom is 0.326 e. The first-order valence-electron chi connectivity index (χ1n) is 7.75. The summed E-state index contributed by atoms with van der Waals surface area (Å²) in [5.41, 5.74) is 0. The lowest BCUT2D eigenvalue weighted by molar-refractivity contribution is -0.149. The number of amides is 1. The number of hydrogen-bond acceptors (Lipinski definition) is 3. The summed E-state index contributed by atoms with van der Waals surface area (Å²) in [6, 6.07) is -0.560. The van der Waals surface area contributed by atoms with E-state index in [0.29, 0.717) is 18.9 Å². The Morgan fingerprint density at radius 2 is 2.10 bits per heavy atom. The van der Waals surface area contributed by atoms with Gasteiger partial charge in [-0.05, 0) is 36.9 Å². The topological polar surface area (TPSA) is 57.6 Å². The summed E-state index contributed by atoms with van der Waals surface area (Å²) in [6.45, 7) is 2.83. The molecule has 0 spiro atoms. The van der Waals surface area contributed by atoms with Gasteiger partial charge >= 0.3 is 5.97 Å². The fourth-order valence-corrected chi connectivity index (χ4v) is 4.55. The van der Waals surface area contributed by atoms with E-state index in [1.165, 1.54) is 12.8 Å². The predicted molar refractivity (Wildman–Crippen MR) is 80.8 cm³/mol. The highest BCUT2D eigenvalue weighted by Gasteiger charge is 2.49. The molecule has 0 aromatic rings. The molecule has 1 aliphatic heterocycles. The molecule has 1 heterocycles. The van der Waals surface area contributed by atoms with Crippen LogP contribution in [0.2, 0.25) is 0 Å². The molecule has 3 unspecified atom stereocenters. The molecular formula is C15H25NO3S. The average molecular weight is 299 g/mol. The minimum atomic E-state index is -0.814. The standard InChI is InChI=1S/C15H25NO3S/c1-2-3-8-20-9-7-13(17)16-10-11-5-4-6-12(11)14(16)15(18)19/h11-12,14H,2-10H2,1H3,(H,18,19). The lowest BCUT2D eigenvalue weighted by atomic mass is 9.94. The Labute approximate surface area is 125 Å². The van der Waals surface area contributed by atoms with Crippen molar-refractivity contribution in [1.29, 1.82) is 0 Å². The molecule has 1 aliphatic carbocycles. The number of thioether (sulfide) groups is 1. The first-order chi connectivity index (χ1) is 9.65. The molecule has 1 amide bonds. The van der Waals surface area contributed by atoms with Crippen molar-refractivity contribution in [2.24, 2.45) is 11.8 Å². The van der Waals surface area contributed by atoms with E-state index in [2.05, 4.69) is 6.92 Å². The van der Waals surface area contributed by atoms with Crippen molar-refractivity contribution in [3.63, 3.8) is 0 Å². The van der Waals surface area contributed by atoms with Crippen molar-refractivity contribution < 1.29 is 14.7 Å². The van der Waals surface area contributed by atoms with Gasteiger partial charge in [0.1, 0.15) is 6.04 Å². The van der Waals surface area contributed by atoms with Gasteiger partial charge in [0.05, 0.1) is 0 Å². The van der Waals surface area contributed by atoms with Crippen molar-refractivity contribution in [1.82, 2.24) is 4.90 Å². The van der Waals surface area contributed by atoms with Crippen molar-refractivity contribution in [3.8, 4) is 0 Å². The minimum absolute atomic E-state index is 0.0378. The zero-order valence-corrected chi connectivity index (χ0v) is 13.0. The van der Waals surface area contributed by atoms with Crippen molar-refractivity contribution in [2.45, 2.75) is 51.5 Å². The third kappa shape index (κ3) is 3.48. The van der Waals surface area contributed by atoms with E-state index in [-0.39, 0.29) is 11.8 Å². The van der Waals surface area contributed by atoms with E-state index in [0.717, 1.165) is 30.8 Å². The Balaban J connectivity index is 1.84. The van der Waals surface area contributed by atoms with Crippen LogP contribution >= 0.6 is 11.8 Å². The normalized spacial score (nSPS) is 28.6.